The highest BCUT2D eigenvalue weighted by molar-refractivity contribution is 6.04. The number of carbonyl (C=O) groups is 2. The van der Waals surface area contributed by atoms with Crippen LogP contribution in [0.5, 0.6) is 0 Å². The first kappa shape index (κ1) is 14.4. The predicted octanol–water partition coefficient (Wildman–Crippen LogP) is 3.31. The van der Waals surface area contributed by atoms with E-state index in [2.05, 4.69) is 10.6 Å². The first-order valence-corrected chi connectivity index (χ1v) is 5.83. The summed E-state index contributed by atoms with van der Waals surface area (Å²) in [5, 5.41) is 13.3. The van der Waals surface area contributed by atoms with Crippen LogP contribution in [-0.4, -0.2) is 17.1 Å². The van der Waals surface area contributed by atoms with Gasteiger partial charge >= 0.3 is 12.0 Å². The number of nitrogens with one attached hydrogen (secondary N) is 2. The third-order valence-corrected chi connectivity index (χ3v) is 2.61. The van der Waals surface area contributed by atoms with Crippen molar-refractivity contribution in [3.8, 4) is 0 Å². The Kier molecular flexibility index (Phi) is 4.13. The lowest BCUT2D eigenvalue weighted by molar-refractivity contribution is 0.0698. The van der Waals surface area contributed by atoms with Gasteiger partial charge in [-0.25, -0.2) is 18.4 Å². The summed E-state index contributed by atoms with van der Waals surface area (Å²) in [5.41, 5.74) is -0.424. The topological polar surface area (TPSA) is 78.4 Å². The summed E-state index contributed by atoms with van der Waals surface area (Å²) in [7, 11) is 0. The van der Waals surface area contributed by atoms with E-state index in [1.54, 1.807) is 0 Å². The van der Waals surface area contributed by atoms with Gasteiger partial charge in [-0.05, 0) is 24.3 Å². The van der Waals surface area contributed by atoms with E-state index in [4.69, 9.17) is 5.11 Å². The number of halogens is 2. The molecule has 0 bridgehead atoms. The molecule has 0 aliphatic rings. The quantitative estimate of drug-likeness (QED) is 0.812. The Hall–Kier alpha value is -2.96. The molecule has 0 saturated heterocycles. The van der Waals surface area contributed by atoms with Crippen LogP contribution in [0.2, 0.25) is 0 Å². The number of aromatic carboxylic acids is 1. The second-order valence-corrected chi connectivity index (χ2v) is 4.03. The summed E-state index contributed by atoms with van der Waals surface area (Å²) >= 11 is 0. The Labute approximate surface area is 118 Å². The lowest BCUT2D eigenvalue weighted by Crippen LogP contribution is -2.21. The number of rotatable bonds is 3. The maximum Gasteiger partial charge on any atom is 0.337 e. The van der Waals surface area contributed by atoms with Crippen molar-refractivity contribution in [2.24, 2.45) is 0 Å². The fourth-order valence-corrected chi connectivity index (χ4v) is 1.65. The number of hydrogen-bond acceptors (Lipinski definition) is 2. The van der Waals surface area contributed by atoms with Crippen LogP contribution in [0, 0.1) is 11.6 Å². The summed E-state index contributed by atoms with van der Waals surface area (Å²) < 4.78 is 26.4. The number of amides is 2. The standard InChI is InChI=1S/C14H10F2N2O3/c15-9-5-3-7-11(12(9)16)18-14(21)17-10-6-2-1-4-8(10)13(19)20/h1-7H,(H,19,20)(H2,17,18,21). The molecule has 2 aromatic carbocycles. The Morgan fingerprint density at radius 3 is 2.24 bits per heavy atom. The van der Waals surface area contributed by atoms with Gasteiger partial charge in [0.1, 0.15) is 0 Å². The van der Waals surface area contributed by atoms with E-state index in [0.29, 0.717) is 0 Å². The average molecular weight is 292 g/mol. The van der Waals surface area contributed by atoms with Gasteiger partial charge in [0, 0.05) is 0 Å². The van der Waals surface area contributed by atoms with E-state index < -0.39 is 23.6 Å². The number of carboxylic acids is 1. The van der Waals surface area contributed by atoms with Crippen LogP contribution in [-0.2, 0) is 0 Å². The van der Waals surface area contributed by atoms with Crippen molar-refractivity contribution < 1.29 is 23.5 Å². The Bertz CT molecular complexity index is 704. The van der Waals surface area contributed by atoms with Crippen molar-refractivity contribution in [1.82, 2.24) is 0 Å². The van der Waals surface area contributed by atoms with Gasteiger partial charge in [-0.15, -0.1) is 0 Å². The monoisotopic (exact) mass is 292 g/mol. The van der Waals surface area contributed by atoms with E-state index in [9.17, 15) is 18.4 Å². The van der Waals surface area contributed by atoms with E-state index in [1.807, 2.05) is 0 Å². The van der Waals surface area contributed by atoms with Gasteiger partial charge < -0.3 is 15.7 Å². The van der Waals surface area contributed by atoms with Crippen LogP contribution in [0.15, 0.2) is 42.5 Å². The molecule has 0 unspecified atom stereocenters. The molecule has 0 aromatic heterocycles. The molecule has 7 heteroatoms. The zero-order chi connectivity index (χ0) is 15.4. The fraction of sp³-hybridized carbons (Fsp3) is 0. The van der Waals surface area contributed by atoms with Crippen molar-refractivity contribution in [2.45, 2.75) is 0 Å². The average Bonchev–Trinajstić information content (AvgIpc) is 2.44. The third-order valence-electron chi connectivity index (χ3n) is 2.61. The number of anilines is 2. The molecular formula is C14H10F2N2O3. The molecule has 2 rings (SSSR count). The van der Waals surface area contributed by atoms with Crippen LogP contribution in [0.3, 0.4) is 0 Å². The Morgan fingerprint density at radius 2 is 1.52 bits per heavy atom. The number of hydrogen-bond donors (Lipinski definition) is 3. The minimum atomic E-state index is -1.22. The van der Waals surface area contributed by atoms with E-state index in [0.717, 1.165) is 6.07 Å². The summed E-state index contributed by atoms with van der Waals surface area (Å²) in [6, 6.07) is 8.17. The molecule has 0 spiro atoms. The molecule has 0 aliphatic carbocycles. The zero-order valence-corrected chi connectivity index (χ0v) is 10.6. The Balaban J connectivity index is 2.16. The molecule has 2 amide bonds. The molecule has 0 fully saturated rings. The summed E-state index contributed by atoms with van der Waals surface area (Å²) in [6.07, 6.45) is 0. The lowest BCUT2D eigenvalue weighted by atomic mass is 10.2. The molecule has 3 N–H and O–H groups in total. The van der Waals surface area contributed by atoms with Crippen LogP contribution >= 0.6 is 0 Å². The maximum atomic E-state index is 13.4. The minimum Gasteiger partial charge on any atom is -0.478 e. The number of para-hydroxylation sites is 1. The number of urea groups is 1. The molecule has 0 aliphatic heterocycles. The van der Waals surface area contributed by atoms with Crippen LogP contribution in [0.4, 0.5) is 25.0 Å². The second kappa shape index (κ2) is 6.00. The van der Waals surface area contributed by atoms with E-state index in [1.165, 1.54) is 36.4 Å². The van der Waals surface area contributed by atoms with Crippen molar-refractivity contribution in [3.63, 3.8) is 0 Å². The van der Waals surface area contributed by atoms with E-state index in [-0.39, 0.29) is 16.9 Å². The van der Waals surface area contributed by atoms with Crippen LogP contribution < -0.4 is 10.6 Å². The maximum absolute atomic E-state index is 13.4. The number of carboxylic acid groups (broad SMARTS) is 1. The van der Waals surface area contributed by atoms with Crippen molar-refractivity contribution in [3.05, 3.63) is 59.7 Å². The summed E-state index contributed by atoms with van der Waals surface area (Å²) in [6.45, 7) is 0. The van der Waals surface area contributed by atoms with Gasteiger partial charge in [0.25, 0.3) is 0 Å². The highest BCUT2D eigenvalue weighted by atomic mass is 19.2. The molecular weight excluding hydrogens is 282 g/mol. The molecule has 0 atom stereocenters. The minimum absolute atomic E-state index is 0.0410. The predicted molar refractivity (Wildman–Crippen MR) is 72.4 cm³/mol. The molecule has 0 heterocycles. The van der Waals surface area contributed by atoms with Gasteiger partial charge in [0.15, 0.2) is 11.6 Å². The van der Waals surface area contributed by atoms with Gasteiger partial charge in [0.2, 0.25) is 0 Å². The van der Waals surface area contributed by atoms with Crippen molar-refractivity contribution >= 4 is 23.4 Å². The molecule has 21 heavy (non-hydrogen) atoms. The van der Waals surface area contributed by atoms with Crippen molar-refractivity contribution in [2.75, 3.05) is 10.6 Å². The molecule has 0 saturated carbocycles. The SMILES string of the molecule is O=C(Nc1ccccc1C(=O)O)Nc1cccc(F)c1F. The van der Waals surface area contributed by atoms with Gasteiger partial charge in [-0.3, -0.25) is 0 Å². The van der Waals surface area contributed by atoms with E-state index >= 15 is 0 Å². The molecule has 2 aromatic rings. The Morgan fingerprint density at radius 1 is 0.905 bits per heavy atom. The molecule has 108 valence electrons. The molecule has 5 nitrogen and oxygen atoms in total. The molecule has 0 radical (unpaired) electrons. The summed E-state index contributed by atoms with van der Waals surface area (Å²) in [5.74, 6) is -3.51. The fourth-order valence-electron chi connectivity index (χ4n) is 1.65. The highest BCUT2D eigenvalue weighted by Crippen LogP contribution is 2.18. The second-order valence-electron chi connectivity index (χ2n) is 4.03. The normalized spacial score (nSPS) is 10.0. The third kappa shape index (κ3) is 3.33. The van der Waals surface area contributed by atoms with Crippen LogP contribution in [0.25, 0.3) is 0 Å². The first-order chi connectivity index (χ1) is 9.99. The van der Waals surface area contributed by atoms with Crippen molar-refractivity contribution in [1.29, 1.82) is 0 Å². The number of carbonyl (C=O) groups excluding carboxylic acids is 1. The summed E-state index contributed by atoms with van der Waals surface area (Å²) in [4.78, 5) is 22.7. The van der Waals surface area contributed by atoms with Crippen LogP contribution in [0.1, 0.15) is 10.4 Å². The van der Waals surface area contributed by atoms with Gasteiger partial charge in [0.05, 0.1) is 16.9 Å². The van der Waals surface area contributed by atoms with Gasteiger partial charge in [-0.1, -0.05) is 18.2 Å². The van der Waals surface area contributed by atoms with Gasteiger partial charge in [-0.2, -0.15) is 0 Å². The smallest absolute Gasteiger partial charge is 0.337 e. The largest absolute Gasteiger partial charge is 0.478 e. The first-order valence-electron chi connectivity index (χ1n) is 5.83. The zero-order valence-electron chi connectivity index (χ0n) is 10.6. The number of benzene rings is 2. The highest BCUT2D eigenvalue weighted by Gasteiger charge is 2.14. The lowest BCUT2D eigenvalue weighted by Gasteiger charge is -2.10.